The first-order chi connectivity index (χ1) is 34.1. The number of hydrogen-bond donors (Lipinski definition) is 10. The maximum atomic E-state index is 12.6. The van der Waals surface area contributed by atoms with E-state index < -0.39 is 93.3 Å². The normalized spacial score (nSPS) is 12.1. The number of benzene rings is 5. The lowest BCUT2D eigenvalue weighted by Crippen LogP contribution is -2.14. The molecular formula is C36H30Cl2N12O18S5. The maximum absolute atomic E-state index is 12.6. The van der Waals surface area contributed by atoms with Crippen LogP contribution in [0, 0.1) is 0 Å². The Bertz CT molecular complexity index is 3940. The van der Waals surface area contributed by atoms with Crippen LogP contribution in [0.3, 0.4) is 0 Å². The number of phenols is 1. The van der Waals surface area contributed by atoms with Crippen LogP contribution in [0.25, 0.3) is 21.5 Å². The van der Waals surface area contributed by atoms with Gasteiger partial charge in [-0.05, 0) is 77.1 Å². The van der Waals surface area contributed by atoms with Gasteiger partial charge in [0.1, 0.15) is 26.1 Å². The van der Waals surface area contributed by atoms with E-state index >= 15 is 0 Å². The van der Waals surface area contributed by atoms with Crippen LogP contribution in [-0.4, -0.2) is 131 Å². The van der Waals surface area contributed by atoms with Crippen LogP contribution < -0.4 is 21.3 Å². The number of nitrogens with one attached hydrogen (secondary N) is 4. The Balaban J connectivity index is 0.00000209. The smallest absolute Gasteiger partial charge is 0.425 e. The van der Waals surface area contributed by atoms with Crippen LogP contribution in [0.2, 0.25) is 10.6 Å². The van der Waals surface area contributed by atoms with E-state index in [1.54, 1.807) is 0 Å². The van der Waals surface area contributed by atoms with E-state index in [2.05, 4.69) is 61.4 Å². The van der Waals surface area contributed by atoms with Crippen LogP contribution in [0.5, 0.6) is 5.75 Å². The molecule has 2 heterocycles. The number of hydrogen-bond acceptors (Lipinski definition) is 26. The molecule has 0 bridgehead atoms. The molecule has 0 fully saturated rings. The summed E-state index contributed by atoms with van der Waals surface area (Å²) in [6, 6.07) is 12.9. The Morgan fingerprint density at radius 1 is 0.589 bits per heavy atom. The minimum atomic E-state index is -5.17. The molecule has 73 heavy (non-hydrogen) atoms. The number of fused-ring (bicyclic) bond motifs is 2. The van der Waals surface area contributed by atoms with Gasteiger partial charge in [0.2, 0.25) is 34.4 Å². The van der Waals surface area contributed by atoms with E-state index in [0.717, 1.165) is 54.6 Å². The van der Waals surface area contributed by atoms with Crippen molar-refractivity contribution >= 4 is 148 Å². The molecule has 386 valence electrons. The van der Waals surface area contributed by atoms with Gasteiger partial charge in [0.15, 0.2) is 5.75 Å². The average Bonchev–Trinajstić information content (AvgIpc) is 3.26. The molecule has 7 aromatic rings. The standard InChI is InChI=1S/C36H30Cl2N12O15S4.O3S/c37-31-43-33(39-10-12-65-13-11-51)47-35(45-31)41-24-15-18(5-9-27(24)68(59,60)61)40-34-44-32(38)46-36(48-34)42-25-16-19(66(53,54)55)14-17-4-7-22(29(52)28(17)25)49-50-23-8-6-20-21(30(23)69(62,63)64)2-1-3-26(20)67(56,57)58;1-4(2)3/h1-9,14-16,51-52H,10-13H2,(H,53,54,55)(H,56,57,58)(H,59,60,61)(H,62,63,64)(H2,39,41,43,45,47)(H2,40,42,44,46,48);. The zero-order valence-corrected chi connectivity index (χ0v) is 41.3. The summed E-state index contributed by atoms with van der Waals surface area (Å²) in [5.41, 5.74) is -1.48. The Morgan fingerprint density at radius 3 is 1.77 bits per heavy atom. The zero-order chi connectivity index (χ0) is 53.6. The molecule has 0 saturated heterocycles. The second-order valence-electron chi connectivity index (χ2n) is 13.9. The third-order valence-corrected chi connectivity index (χ3v) is 13.0. The van der Waals surface area contributed by atoms with E-state index in [-0.39, 0.29) is 93.8 Å². The molecule has 37 heteroatoms. The van der Waals surface area contributed by atoms with E-state index in [4.69, 9.17) is 45.7 Å². The molecule has 30 nitrogen and oxygen atoms in total. The van der Waals surface area contributed by atoms with Gasteiger partial charge in [0.25, 0.3) is 40.5 Å². The molecule has 0 aliphatic carbocycles. The highest BCUT2D eigenvalue weighted by Gasteiger charge is 2.25. The number of azo groups is 1. The van der Waals surface area contributed by atoms with Crippen molar-refractivity contribution in [3.63, 3.8) is 0 Å². The predicted molar refractivity (Wildman–Crippen MR) is 255 cm³/mol. The van der Waals surface area contributed by atoms with Crippen molar-refractivity contribution in [2.24, 2.45) is 10.2 Å². The quantitative estimate of drug-likeness (QED) is 0.0323. The topological polar surface area (TPSA) is 469 Å². The minimum Gasteiger partial charge on any atom is -0.505 e. The number of aliphatic hydroxyl groups excluding tert-OH is 1. The van der Waals surface area contributed by atoms with Gasteiger partial charge < -0.3 is 36.2 Å². The van der Waals surface area contributed by atoms with E-state index in [9.17, 15) is 57.0 Å². The van der Waals surface area contributed by atoms with Crippen molar-refractivity contribution in [3.05, 3.63) is 83.4 Å². The van der Waals surface area contributed by atoms with Crippen molar-refractivity contribution in [3.8, 4) is 5.75 Å². The van der Waals surface area contributed by atoms with Crippen LogP contribution in [0.15, 0.2) is 103 Å². The number of ether oxygens (including phenoxy) is 1. The second-order valence-corrected chi connectivity index (χ2v) is 20.6. The highest BCUT2D eigenvalue weighted by molar-refractivity contribution is 7.87. The number of nitrogens with zero attached hydrogens (tertiary/aromatic N) is 8. The molecule has 2 aromatic heterocycles. The fraction of sp³-hybridized carbons (Fsp3) is 0.111. The molecule has 0 radical (unpaired) electrons. The number of aliphatic hydroxyl groups is 1. The first kappa shape index (κ1) is 55.3. The average molecular weight is 1150 g/mol. The van der Waals surface area contributed by atoms with Crippen LogP contribution in [0.4, 0.5) is 52.2 Å². The summed E-state index contributed by atoms with van der Waals surface area (Å²) in [6.07, 6.45) is 0. The number of aromatic hydroxyl groups is 1. The summed E-state index contributed by atoms with van der Waals surface area (Å²) >= 11 is 12.3. The summed E-state index contributed by atoms with van der Waals surface area (Å²) < 4.78 is 169. The van der Waals surface area contributed by atoms with Crippen molar-refractivity contribution in [2.75, 3.05) is 47.6 Å². The van der Waals surface area contributed by atoms with E-state index in [0.29, 0.717) is 0 Å². The highest BCUT2D eigenvalue weighted by Crippen LogP contribution is 2.43. The summed E-state index contributed by atoms with van der Waals surface area (Å²) in [6.45, 7) is 0.234. The van der Waals surface area contributed by atoms with E-state index in [1.165, 1.54) is 18.2 Å². The Kier molecular flexibility index (Phi) is 17.0. The van der Waals surface area contributed by atoms with Gasteiger partial charge in [-0.1, -0.05) is 24.3 Å². The van der Waals surface area contributed by atoms with Gasteiger partial charge in [-0.3, -0.25) is 18.2 Å². The zero-order valence-electron chi connectivity index (χ0n) is 35.7. The molecule has 0 spiro atoms. The number of anilines is 7. The summed E-state index contributed by atoms with van der Waals surface area (Å²) in [7, 11) is -23.0. The van der Waals surface area contributed by atoms with Crippen LogP contribution >= 0.6 is 23.2 Å². The number of rotatable bonds is 18. The molecule has 0 amide bonds. The van der Waals surface area contributed by atoms with Crippen LogP contribution in [-0.2, 0) is 55.8 Å². The Labute approximate surface area is 421 Å². The molecule has 5 aromatic carbocycles. The van der Waals surface area contributed by atoms with E-state index in [1.807, 2.05) is 0 Å². The first-order valence-electron chi connectivity index (χ1n) is 19.3. The lowest BCUT2D eigenvalue weighted by Gasteiger charge is -2.15. The lowest BCUT2D eigenvalue weighted by atomic mass is 10.1. The lowest BCUT2D eigenvalue weighted by molar-refractivity contribution is 0.0991. The third-order valence-electron chi connectivity index (χ3n) is 9.08. The van der Waals surface area contributed by atoms with Gasteiger partial charge in [0, 0.05) is 28.4 Å². The first-order valence-corrected chi connectivity index (χ1v) is 26.8. The summed E-state index contributed by atoms with van der Waals surface area (Å²) in [4.78, 5) is 21.3. The Hall–Kier alpha value is -7.00. The molecule has 0 saturated carbocycles. The van der Waals surface area contributed by atoms with Crippen molar-refractivity contribution in [1.29, 1.82) is 0 Å². The molecule has 0 aliphatic heterocycles. The van der Waals surface area contributed by atoms with Gasteiger partial charge in [0.05, 0.1) is 36.1 Å². The minimum absolute atomic E-state index is 0.0435. The number of halogens is 2. The predicted octanol–water partition coefficient (Wildman–Crippen LogP) is 4.43. The van der Waals surface area contributed by atoms with Gasteiger partial charge in [-0.15, -0.1) is 22.9 Å². The SMILES string of the molecule is O=S(=O)(O)c1cc(Nc2nc(Cl)nc(Nc3ccc(S(=O)(=O)O)c(Nc4nc(Cl)nc(NCCOCCO)n4)c3)n2)c2c(O)c(N=Nc3ccc4c(S(=O)(=O)O)cccc4c3S(=O)(=O)O)ccc2c1.O=S(=O)=O. The number of phenolic OH excluding ortho intramolecular Hbond substituents is 1. The fourth-order valence-corrected chi connectivity index (χ4v) is 9.38. The maximum Gasteiger partial charge on any atom is 0.425 e. The van der Waals surface area contributed by atoms with Crippen molar-refractivity contribution in [1.82, 2.24) is 29.9 Å². The second kappa shape index (κ2) is 22.4. The molecule has 0 aliphatic rings. The largest absolute Gasteiger partial charge is 0.505 e. The fourth-order valence-electron chi connectivity index (χ4n) is 6.36. The summed E-state index contributed by atoms with van der Waals surface area (Å²) in [5.74, 6) is -1.80. The monoisotopic (exact) mass is 1150 g/mol. The molecule has 0 atom stereocenters. The number of aromatic nitrogens is 6. The Morgan fingerprint density at radius 2 is 1.16 bits per heavy atom. The third kappa shape index (κ3) is 14.4. The van der Waals surface area contributed by atoms with Crippen LogP contribution in [0.1, 0.15) is 0 Å². The summed E-state index contributed by atoms with van der Waals surface area (Å²) in [5, 5.41) is 37.5. The van der Waals surface area contributed by atoms with Gasteiger partial charge >= 0.3 is 10.6 Å². The molecule has 10 N–H and O–H groups in total. The molecular weight excluding hydrogens is 1120 g/mol. The van der Waals surface area contributed by atoms with Crippen molar-refractivity contribution < 1.29 is 79.5 Å². The molecule has 7 rings (SSSR count). The van der Waals surface area contributed by atoms with Gasteiger partial charge in [-0.2, -0.15) is 63.6 Å². The van der Waals surface area contributed by atoms with Crippen molar-refractivity contribution in [2.45, 2.75) is 19.6 Å². The van der Waals surface area contributed by atoms with Gasteiger partial charge in [-0.25, -0.2) is 0 Å². The molecule has 0 unspecified atom stereocenters. The highest BCUT2D eigenvalue weighted by atomic mass is 35.5.